The summed E-state index contributed by atoms with van der Waals surface area (Å²) in [4.78, 5) is 2.25. The van der Waals surface area contributed by atoms with E-state index in [1.54, 1.807) is 18.2 Å². The minimum Gasteiger partial charge on any atom is -0.356 e. The van der Waals surface area contributed by atoms with Gasteiger partial charge in [-0.3, -0.25) is 0 Å². The molecule has 0 bridgehead atoms. The molecule has 1 aromatic rings. The molecule has 4 nitrogen and oxygen atoms in total. The van der Waals surface area contributed by atoms with Gasteiger partial charge in [-0.25, -0.2) is 0 Å². The molecule has 0 fully saturated rings. The lowest BCUT2D eigenvalue weighted by Crippen LogP contribution is -2.31. The Morgan fingerprint density at radius 1 is 1.33 bits per heavy atom. The Labute approximate surface area is 112 Å². The van der Waals surface area contributed by atoms with Crippen molar-refractivity contribution in [2.75, 3.05) is 19.0 Å². The topological polar surface area (TPSA) is 49.7 Å². The molecule has 2 rings (SSSR count). The summed E-state index contributed by atoms with van der Waals surface area (Å²) in [6, 6.07) is 6.92. The van der Waals surface area contributed by atoms with Crippen molar-refractivity contribution in [1.82, 2.24) is 4.90 Å². The van der Waals surface area contributed by atoms with Gasteiger partial charge in [-0.05, 0) is 25.5 Å². The number of benzene rings is 1. The molecule has 0 saturated carbocycles. The SMILES string of the molecule is CCN(CCCCl)C1=NS(=O)(=O)c2ccccc21. The quantitative estimate of drug-likeness (QED) is 0.797. The molecular formula is C12H15ClN2O2S. The first-order chi connectivity index (χ1) is 8.60. The fourth-order valence-corrected chi connectivity index (χ4v) is 3.33. The van der Waals surface area contributed by atoms with Crippen molar-refractivity contribution >= 4 is 27.5 Å². The average Bonchev–Trinajstić information content (AvgIpc) is 2.64. The van der Waals surface area contributed by atoms with Crippen LogP contribution in [0.5, 0.6) is 0 Å². The summed E-state index contributed by atoms with van der Waals surface area (Å²) in [5, 5.41) is 0. The Morgan fingerprint density at radius 3 is 2.72 bits per heavy atom. The average molecular weight is 287 g/mol. The van der Waals surface area contributed by atoms with Gasteiger partial charge >= 0.3 is 0 Å². The second-order valence-corrected chi connectivity index (χ2v) is 5.96. The number of fused-ring (bicyclic) bond motifs is 1. The summed E-state index contributed by atoms with van der Waals surface area (Å²) >= 11 is 5.68. The van der Waals surface area contributed by atoms with E-state index in [1.807, 2.05) is 17.9 Å². The highest BCUT2D eigenvalue weighted by molar-refractivity contribution is 7.90. The molecule has 0 N–H and O–H groups in total. The van der Waals surface area contributed by atoms with Crippen molar-refractivity contribution in [3.8, 4) is 0 Å². The highest BCUT2D eigenvalue weighted by Gasteiger charge is 2.30. The molecule has 98 valence electrons. The van der Waals surface area contributed by atoms with Gasteiger partial charge in [-0.2, -0.15) is 8.42 Å². The Bertz CT molecular complexity index is 569. The number of sulfonamides is 1. The van der Waals surface area contributed by atoms with Gasteiger partial charge in [-0.15, -0.1) is 16.0 Å². The van der Waals surface area contributed by atoms with E-state index >= 15 is 0 Å². The standard InChI is InChI=1S/C12H15ClN2O2S/c1-2-15(9-5-8-13)12-10-6-3-4-7-11(10)18(16,17)14-12/h3-4,6-7H,2,5,8-9H2,1H3. The predicted molar refractivity (Wildman–Crippen MR) is 72.7 cm³/mol. The smallest absolute Gasteiger partial charge is 0.285 e. The molecule has 18 heavy (non-hydrogen) atoms. The van der Waals surface area contributed by atoms with E-state index in [0.717, 1.165) is 6.42 Å². The molecule has 0 aromatic heterocycles. The summed E-state index contributed by atoms with van der Waals surface area (Å²) in [6.45, 7) is 3.40. The lowest BCUT2D eigenvalue weighted by atomic mass is 10.2. The second-order valence-electron chi connectivity index (χ2n) is 4.01. The van der Waals surface area contributed by atoms with Gasteiger partial charge in [0, 0.05) is 24.5 Å². The van der Waals surface area contributed by atoms with E-state index in [-0.39, 0.29) is 0 Å². The number of amidine groups is 1. The van der Waals surface area contributed by atoms with Crippen molar-refractivity contribution in [1.29, 1.82) is 0 Å². The zero-order valence-corrected chi connectivity index (χ0v) is 11.7. The van der Waals surface area contributed by atoms with Crippen LogP contribution in [-0.2, 0) is 10.0 Å². The molecule has 0 amide bonds. The zero-order valence-electron chi connectivity index (χ0n) is 10.1. The van der Waals surface area contributed by atoms with Crippen LogP contribution >= 0.6 is 11.6 Å². The fraction of sp³-hybridized carbons (Fsp3) is 0.417. The number of rotatable bonds is 4. The van der Waals surface area contributed by atoms with Crippen LogP contribution in [0.4, 0.5) is 0 Å². The van der Waals surface area contributed by atoms with Crippen LogP contribution in [0.25, 0.3) is 0 Å². The van der Waals surface area contributed by atoms with Crippen LogP contribution in [-0.4, -0.2) is 38.1 Å². The molecule has 1 aromatic carbocycles. The first-order valence-electron chi connectivity index (χ1n) is 5.85. The largest absolute Gasteiger partial charge is 0.356 e. The monoisotopic (exact) mass is 286 g/mol. The van der Waals surface area contributed by atoms with Gasteiger partial charge in [0.2, 0.25) is 0 Å². The third kappa shape index (κ3) is 2.37. The Morgan fingerprint density at radius 2 is 2.06 bits per heavy atom. The molecule has 0 atom stereocenters. The van der Waals surface area contributed by atoms with Gasteiger partial charge < -0.3 is 4.90 Å². The van der Waals surface area contributed by atoms with E-state index in [1.165, 1.54) is 0 Å². The third-order valence-corrected chi connectivity index (χ3v) is 4.45. The third-order valence-electron chi connectivity index (χ3n) is 2.86. The van der Waals surface area contributed by atoms with Crippen LogP contribution in [0, 0.1) is 0 Å². The van der Waals surface area contributed by atoms with Gasteiger partial charge in [0.05, 0.1) is 0 Å². The molecule has 6 heteroatoms. The van der Waals surface area contributed by atoms with E-state index < -0.39 is 10.0 Å². The molecule has 0 spiro atoms. The number of halogens is 1. The lowest BCUT2D eigenvalue weighted by Gasteiger charge is -2.22. The van der Waals surface area contributed by atoms with Crippen molar-refractivity contribution in [2.24, 2.45) is 4.40 Å². The maximum atomic E-state index is 11.9. The normalized spacial score (nSPS) is 16.2. The highest BCUT2D eigenvalue weighted by atomic mass is 35.5. The van der Waals surface area contributed by atoms with E-state index in [4.69, 9.17) is 11.6 Å². The number of alkyl halides is 1. The van der Waals surface area contributed by atoms with E-state index in [9.17, 15) is 8.42 Å². The summed E-state index contributed by atoms with van der Waals surface area (Å²) < 4.78 is 27.7. The van der Waals surface area contributed by atoms with Crippen LogP contribution in [0.3, 0.4) is 0 Å². The minimum atomic E-state index is -3.52. The van der Waals surface area contributed by atoms with Crippen LogP contribution < -0.4 is 0 Å². The maximum Gasteiger partial charge on any atom is 0.285 e. The van der Waals surface area contributed by atoms with Gasteiger partial charge in [0.25, 0.3) is 10.0 Å². The molecule has 0 saturated heterocycles. The van der Waals surface area contributed by atoms with Crippen molar-refractivity contribution in [2.45, 2.75) is 18.2 Å². The molecular weight excluding hydrogens is 272 g/mol. The van der Waals surface area contributed by atoms with E-state index in [2.05, 4.69) is 4.40 Å². The minimum absolute atomic E-state index is 0.296. The molecule has 1 aliphatic heterocycles. The van der Waals surface area contributed by atoms with Crippen LogP contribution in [0.2, 0.25) is 0 Å². The van der Waals surface area contributed by atoms with Gasteiger partial charge in [-0.1, -0.05) is 12.1 Å². The Balaban J connectivity index is 2.40. The van der Waals surface area contributed by atoms with Crippen molar-refractivity contribution < 1.29 is 8.42 Å². The maximum absolute atomic E-state index is 11.9. The Kier molecular flexibility index (Phi) is 3.92. The highest BCUT2D eigenvalue weighted by Crippen LogP contribution is 2.27. The van der Waals surface area contributed by atoms with Crippen LogP contribution in [0.15, 0.2) is 33.6 Å². The summed E-state index contributed by atoms with van der Waals surface area (Å²) in [5.74, 6) is 1.09. The molecule has 0 aliphatic carbocycles. The van der Waals surface area contributed by atoms with Gasteiger partial charge in [0.15, 0.2) is 5.84 Å². The van der Waals surface area contributed by atoms with Crippen molar-refractivity contribution in [3.63, 3.8) is 0 Å². The molecule has 1 aliphatic rings. The van der Waals surface area contributed by atoms with Gasteiger partial charge in [0.1, 0.15) is 4.90 Å². The van der Waals surface area contributed by atoms with Crippen LogP contribution in [0.1, 0.15) is 18.9 Å². The van der Waals surface area contributed by atoms with E-state index in [0.29, 0.717) is 35.3 Å². The number of hydrogen-bond acceptors (Lipinski definition) is 3. The number of hydrogen-bond donors (Lipinski definition) is 0. The lowest BCUT2D eigenvalue weighted by molar-refractivity contribution is 0.442. The second kappa shape index (κ2) is 5.28. The van der Waals surface area contributed by atoms with Crippen molar-refractivity contribution in [3.05, 3.63) is 29.8 Å². The number of nitrogens with zero attached hydrogens (tertiary/aromatic N) is 2. The fourth-order valence-electron chi connectivity index (χ4n) is 1.98. The molecule has 0 radical (unpaired) electrons. The first kappa shape index (κ1) is 13.4. The Hall–Kier alpha value is -1.07. The molecule has 0 unspecified atom stereocenters. The molecule has 1 heterocycles. The first-order valence-corrected chi connectivity index (χ1v) is 7.83. The summed E-state index contributed by atoms with van der Waals surface area (Å²) in [7, 11) is -3.52. The summed E-state index contributed by atoms with van der Waals surface area (Å²) in [6.07, 6.45) is 0.802. The summed E-state index contributed by atoms with van der Waals surface area (Å²) in [5.41, 5.74) is 0.689. The predicted octanol–water partition coefficient (Wildman–Crippen LogP) is 2.09. The zero-order chi connectivity index (χ0) is 13.2.